The molecule has 0 spiro atoms. The van der Waals surface area contributed by atoms with Crippen molar-refractivity contribution in [1.82, 2.24) is 24.7 Å². The van der Waals surface area contributed by atoms with Crippen molar-refractivity contribution < 1.29 is 9.13 Å². The standard InChI is InChI=1S/C20H19ClFN3O.C6H8N2/c1-11-8-16-18(15-6-5-14(21)9-17(15)22)24-19(13-4-3-7-26-10-13)25-20(16)23-12(11)2;1-4-7-8(5-1)6-2-3-6/h5-6,8-9,13H,3-4,7,10H2,1-2H3;1,4-6H,2-3H2. The molecule has 1 unspecified atom stereocenters. The lowest BCUT2D eigenvalue weighted by molar-refractivity contribution is 0.0782. The fourth-order valence-electron chi connectivity index (χ4n) is 4.11. The molecule has 34 heavy (non-hydrogen) atoms. The highest BCUT2D eigenvalue weighted by atomic mass is 35.5. The van der Waals surface area contributed by atoms with Crippen molar-refractivity contribution in [1.29, 1.82) is 0 Å². The van der Waals surface area contributed by atoms with Crippen LogP contribution in [0.5, 0.6) is 0 Å². The lowest BCUT2D eigenvalue weighted by Gasteiger charge is -2.22. The molecule has 1 saturated carbocycles. The smallest absolute Gasteiger partial charge is 0.163 e. The van der Waals surface area contributed by atoms with E-state index in [9.17, 15) is 4.39 Å². The highest BCUT2D eigenvalue weighted by Crippen LogP contribution is 2.34. The third-order valence-corrected chi connectivity index (χ3v) is 6.54. The van der Waals surface area contributed by atoms with Gasteiger partial charge >= 0.3 is 0 Å². The normalized spacial score (nSPS) is 17.9. The molecule has 0 radical (unpaired) electrons. The molecule has 0 N–H and O–H groups in total. The van der Waals surface area contributed by atoms with E-state index in [1.807, 2.05) is 43.1 Å². The van der Waals surface area contributed by atoms with Crippen molar-refractivity contribution >= 4 is 22.6 Å². The molecule has 3 aromatic heterocycles. The molecule has 176 valence electrons. The molecule has 2 aliphatic rings. The second-order valence-electron chi connectivity index (χ2n) is 8.95. The van der Waals surface area contributed by atoms with E-state index in [2.05, 4.69) is 15.1 Å². The Labute approximate surface area is 203 Å². The molecular weight excluding hydrogens is 453 g/mol. The van der Waals surface area contributed by atoms with Crippen LogP contribution < -0.4 is 0 Å². The van der Waals surface area contributed by atoms with E-state index in [1.54, 1.807) is 12.1 Å². The number of fused-ring (bicyclic) bond motifs is 1. The quantitative estimate of drug-likeness (QED) is 0.349. The van der Waals surface area contributed by atoms with Crippen molar-refractivity contribution in [2.75, 3.05) is 13.2 Å². The number of hydrogen-bond acceptors (Lipinski definition) is 5. The molecular formula is C26H27ClFN5O. The number of pyridine rings is 1. The third kappa shape index (κ3) is 4.95. The number of benzene rings is 1. The van der Waals surface area contributed by atoms with Crippen molar-refractivity contribution in [3.63, 3.8) is 0 Å². The van der Waals surface area contributed by atoms with Crippen LogP contribution in [0.15, 0.2) is 42.7 Å². The molecule has 1 atom stereocenters. The maximum Gasteiger partial charge on any atom is 0.163 e. The van der Waals surface area contributed by atoms with Gasteiger partial charge in [0.05, 0.1) is 18.3 Å². The highest BCUT2D eigenvalue weighted by molar-refractivity contribution is 6.30. The molecule has 4 aromatic rings. The Morgan fingerprint density at radius 3 is 2.62 bits per heavy atom. The number of aryl methyl sites for hydroxylation is 2. The second-order valence-corrected chi connectivity index (χ2v) is 9.38. The first-order valence-electron chi connectivity index (χ1n) is 11.7. The van der Waals surface area contributed by atoms with Gasteiger partial charge in [0.15, 0.2) is 5.65 Å². The van der Waals surface area contributed by atoms with Gasteiger partial charge in [-0.2, -0.15) is 5.10 Å². The topological polar surface area (TPSA) is 65.7 Å². The van der Waals surface area contributed by atoms with Crippen LogP contribution in [0.4, 0.5) is 4.39 Å². The van der Waals surface area contributed by atoms with Gasteiger partial charge in [-0.3, -0.25) is 4.68 Å². The van der Waals surface area contributed by atoms with Gasteiger partial charge in [0, 0.05) is 46.6 Å². The molecule has 2 fully saturated rings. The molecule has 1 aliphatic heterocycles. The number of hydrogen-bond donors (Lipinski definition) is 0. The molecule has 8 heteroatoms. The Bertz CT molecular complexity index is 1300. The molecule has 1 aliphatic carbocycles. The minimum Gasteiger partial charge on any atom is -0.381 e. The zero-order valence-electron chi connectivity index (χ0n) is 19.3. The summed E-state index contributed by atoms with van der Waals surface area (Å²) in [5, 5.41) is 5.20. The summed E-state index contributed by atoms with van der Waals surface area (Å²) < 4.78 is 22.2. The lowest BCUT2D eigenvalue weighted by atomic mass is 10.00. The van der Waals surface area contributed by atoms with E-state index >= 15 is 0 Å². The summed E-state index contributed by atoms with van der Waals surface area (Å²) in [4.78, 5) is 14.0. The lowest BCUT2D eigenvalue weighted by Crippen LogP contribution is -2.18. The minimum absolute atomic E-state index is 0.102. The first-order chi connectivity index (χ1) is 16.5. The second kappa shape index (κ2) is 9.76. The first kappa shape index (κ1) is 22.9. The van der Waals surface area contributed by atoms with E-state index < -0.39 is 5.82 Å². The predicted octanol–water partition coefficient (Wildman–Crippen LogP) is 6.21. The Kier molecular flexibility index (Phi) is 6.57. The predicted molar refractivity (Wildman–Crippen MR) is 131 cm³/mol. The van der Waals surface area contributed by atoms with Gasteiger partial charge in [0.1, 0.15) is 11.6 Å². The molecule has 6 nitrogen and oxygen atoms in total. The Balaban J connectivity index is 0.000000252. The SMILES string of the molecule is Cc1cc2c(-c3ccc(Cl)cc3F)nc(C3CCCOC3)nc2nc1C.c1cnn(C2CC2)c1. The highest BCUT2D eigenvalue weighted by Gasteiger charge is 2.23. The van der Waals surface area contributed by atoms with Crippen molar-refractivity contribution in [3.8, 4) is 11.3 Å². The molecule has 0 bridgehead atoms. The maximum atomic E-state index is 14.6. The van der Waals surface area contributed by atoms with Crippen LogP contribution in [0.3, 0.4) is 0 Å². The summed E-state index contributed by atoms with van der Waals surface area (Å²) >= 11 is 5.92. The van der Waals surface area contributed by atoms with Gasteiger partial charge in [-0.25, -0.2) is 19.3 Å². The summed E-state index contributed by atoms with van der Waals surface area (Å²) in [6, 6.07) is 9.33. The zero-order chi connectivity index (χ0) is 23.7. The van der Waals surface area contributed by atoms with Crippen LogP contribution in [0.2, 0.25) is 5.02 Å². The van der Waals surface area contributed by atoms with E-state index in [1.165, 1.54) is 18.9 Å². The Morgan fingerprint density at radius 1 is 1.09 bits per heavy atom. The van der Waals surface area contributed by atoms with Crippen LogP contribution in [-0.2, 0) is 4.74 Å². The van der Waals surface area contributed by atoms with Crippen LogP contribution in [0.25, 0.3) is 22.3 Å². The minimum atomic E-state index is -0.401. The van der Waals surface area contributed by atoms with Crippen LogP contribution in [0, 0.1) is 19.7 Å². The van der Waals surface area contributed by atoms with Gasteiger partial charge < -0.3 is 4.74 Å². The largest absolute Gasteiger partial charge is 0.381 e. The van der Waals surface area contributed by atoms with E-state index in [0.29, 0.717) is 34.4 Å². The van der Waals surface area contributed by atoms with Crippen LogP contribution >= 0.6 is 11.6 Å². The van der Waals surface area contributed by atoms with Crippen LogP contribution in [0.1, 0.15) is 54.7 Å². The van der Waals surface area contributed by atoms with Crippen LogP contribution in [-0.4, -0.2) is 37.9 Å². The van der Waals surface area contributed by atoms with Gasteiger partial charge in [0.2, 0.25) is 0 Å². The summed E-state index contributed by atoms with van der Waals surface area (Å²) in [7, 11) is 0. The molecule has 4 heterocycles. The van der Waals surface area contributed by atoms with Gasteiger partial charge in [-0.05, 0) is 75.4 Å². The summed E-state index contributed by atoms with van der Waals surface area (Å²) in [5.74, 6) is 0.365. The average molecular weight is 480 g/mol. The molecule has 0 amide bonds. The Hall–Kier alpha value is -2.90. The Morgan fingerprint density at radius 2 is 1.94 bits per heavy atom. The van der Waals surface area contributed by atoms with Crippen molar-refractivity contribution in [2.45, 2.75) is 51.5 Å². The summed E-state index contributed by atoms with van der Waals surface area (Å²) in [6.45, 7) is 5.27. The average Bonchev–Trinajstić information content (AvgIpc) is 3.54. The fourth-order valence-corrected chi connectivity index (χ4v) is 4.27. The fraction of sp³-hybridized carbons (Fsp3) is 0.385. The number of ether oxygens (including phenoxy) is 1. The number of aromatic nitrogens is 5. The molecule has 1 saturated heterocycles. The van der Waals surface area contributed by atoms with Gasteiger partial charge in [-0.15, -0.1) is 0 Å². The van der Waals surface area contributed by atoms with Gasteiger partial charge in [-0.1, -0.05) is 11.6 Å². The molecule has 6 rings (SSSR count). The van der Waals surface area contributed by atoms with Crippen molar-refractivity contribution in [2.24, 2.45) is 0 Å². The molecule has 1 aromatic carbocycles. The van der Waals surface area contributed by atoms with E-state index in [4.69, 9.17) is 21.3 Å². The van der Waals surface area contributed by atoms with Gasteiger partial charge in [0.25, 0.3) is 0 Å². The van der Waals surface area contributed by atoms with Crippen molar-refractivity contribution in [3.05, 3.63) is 70.6 Å². The van der Waals surface area contributed by atoms with E-state index in [0.717, 1.165) is 42.1 Å². The number of halogens is 2. The number of rotatable bonds is 3. The number of nitrogens with zero attached hydrogens (tertiary/aromatic N) is 5. The third-order valence-electron chi connectivity index (χ3n) is 6.31. The first-order valence-corrected chi connectivity index (χ1v) is 12.1. The summed E-state index contributed by atoms with van der Waals surface area (Å²) in [6.07, 6.45) is 8.43. The van der Waals surface area contributed by atoms with E-state index in [-0.39, 0.29) is 5.92 Å². The summed E-state index contributed by atoms with van der Waals surface area (Å²) in [5.41, 5.74) is 3.48. The maximum absolute atomic E-state index is 14.6. The zero-order valence-corrected chi connectivity index (χ0v) is 20.1. The monoisotopic (exact) mass is 479 g/mol.